The summed E-state index contributed by atoms with van der Waals surface area (Å²) in [5.74, 6) is -1.42. The summed E-state index contributed by atoms with van der Waals surface area (Å²) >= 11 is 0. The molecule has 0 aliphatic rings. The Labute approximate surface area is 121 Å². The number of anilines is 1. The summed E-state index contributed by atoms with van der Waals surface area (Å²) in [6, 6.07) is 13.6. The van der Waals surface area contributed by atoms with Crippen molar-refractivity contribution in [2.45, 2.75) is 6.54 Å². The first kappa shape index (κ1) is 14.7. The van der Waals surface area contributed by atoms with Gasteiger partial charge < -0.3 is 9.64 Å². The van der Waals surface area contributed by atoms with Gasteiger partial charge in [-0.25, -0.2) is 9.18 Å². The minimum absolute atomic E-state index is 0.00328. The zero-order chi connectivity index (χ0) is 15.2. The maximum absolute atomic E-state index is 14.1. The maximum atomic E-state index is 14.1. The summed E-state index contributed by atoms with van der Waals surface area (Å²) in [6.45, 7) is 0.561. The lowest BCUT2D eigenvalue weighted by molar-refractivity contribution is -0.123. The fourth-order valence-electron chi connectivity index (χ4n) is 2.00. The van der Waals surface area contributed by atoms with Crippen molar-refractivity contribution in [1.29, 1.82) is 0 Å². The number of esters is 1. The fraction of sp³-hybridized carbons (Fsp3) is 0.125. The van der Waals surface area contributed by atoms with E-state index in [-0.39, 0.29) is 12.0 Å². The van der Waals surface area contributed by atoms with E-state index >= 15 is 0 Å². The van der Waals surface area contributed by atoms with E-state index in [0.29, 0.717) is 12.2 Å². The molecule has 0 aromatic heterocycles. The Bertz CT molecular complexity index is 643. The second-order valence-electron chi connectivity index (χ2n) is 4.51. The van der Waals surface area contributed by atoms with Gasteiger partial charge in [0.25, 0.3) is 0 Å². The lowest BCUT2D eigenvalue weighted by Crippen LogP contribution is -2.18. The van der Waals surface area contributed by atoms with Gasteiger partial charge in [-0.05, 0) is 23.8 Å². The molecule has 0 radical (unpaired) electrons. The predicted octanol–water partition coefficient (Wildman–Crippen LogP) is 2.78. The molecule has 5 heteroatoms. The van der Waals surface area contributed by atoms with E-state index in [9.17, 15) is 14.0 Å². The van der Waals surface area contributed by atoms with Crippen LogP contribution < -0.4 is 4.90 Å². The van der Waals surface area contributed by atoms with Crippen LogP contribution in [-0.2, 0) is 16.1 Å². The van der Waals surface area contributed by atoms with Crippen molar-refractivity contribution in [3.05, 3.63) is 65.5 Å². The van der Waals surface area contributed by atoms with Gasteiger partial charge in [0, 0.05) is 13.6 Å². The Morgan fingerprint density at radius 3 is 2.57 bits per heavy atom. The van der Waals surface area contributed by atoms with E-state index in [1.54, 1.807) is 11.9 Å². The third-order valence-corrected chi connectivity index (χ3v) is 3.01. The van der Waals surface area contributed by atoms with Crippen molar-refractivity contribution in [3.63, 3.8) is 0 Å². The van der Waals surface area contributed by atoms with Crippen LogP contribution in [0.5, 0.6) is 0 Å². The van der Waals surface area contributed by atoms with E-state index in [4.69, 9.17) is 0 Å². The van der Waals surface area contributed by atoms with Crippen LogP contribution in [0.4, 0.5) is 10.1 Å². The Morgan fingerprint density at radius 1 is 1.24 bits per heavy atom. The average molecular weight is 287 g/mol. The fourth-order valence-corrected chi connectivity index (χ4v) is 2.00. The molecule has 0 amide bonds. The van der Waals surface area contributed by atoms with Crippen molar-refractivity contribution < 1.29 is 18.7 Å². The van der Waals surface area contributed by atoms with Crippen molar-refractivity contribution in [1.82, 2.24) is 0 Å². The Morgan fingerprint density at radius 2 is 1.95 bits per heavy atom. The van der Waals surface area contributed by atoms with Gasteiger partial charge in [-0.15, -0.1) is 0 Å². The number of benzene rings is 2. The molecule has 0 aliphatic carbocycles. The first-order chi connectivity index (χ1) is 10.1. The zero-order valence-corrected chi connectivity index (χ0v) is 11.5. The quantitative estimate of drug-likeness (QED) is 0.482. The summed E-state index contributed by atoms with van der Waals surface area (Å²) in [6.07, 6.45) is 0. The molecule has 2 aromatic rings. The number of carbonyl (C=O) groups is 2. The highest BCUT2D eigenvalue weighted by Gasteiger charge is 2.13. The number of rotatable bonds is 5. The monoisotopic (exact) mass is 287 g/mol. The molecule has 0 fully saturated rings. The second kappa shape index (κ2) is 6.65. The number of carbonyl (C=O) groups excluding carboxylic acids is 2. The largest absolute Gasteiger partial charge is 0.392 e. The van der Waals surface area contributed by atoms with Crippen LogP contribution >= 0.6 is 0 Å². The van der Waals surface area contributed by atoms with Crippen LogP contribution in [0.2, 0.25) is 0 Å². The van der Waals surface area contributed by atoms with Crippen LogP contribution in [0.1, 0.15) is 15.9 Å². The summed E-state index contributed by atoms with van der Waals surface area (Å²) in [7, 11) is 1.76. The maximum Gasteiger partial charge on any atom is 0.345 e. The summed E-state index contributed by atoms with van der Waals surface area (Å²) in [5, 5.41) is 0. The molecule has 108 valence electrons. The highest BCUT2D eigenvalue weighted by atomic mass is 19.1. The molecule has 0 bridgehead atoms. The van der Waals surface area contributed by atoms with Crippen molar-refractivity contribution >= 4 is 18.1 Å². The molecule has 0 aliphatic heterocycles. The van der Waals surface area contributed by atoms with Crippen LogP contribution in [0.25, 0.3) is 0 Å². The summed E-state index contributed by atoms with van der Waals surface area (Å²) in [5.41, 5.74) is 1.40. The van der Waals surface area contributed by atoms with Gasteiger partial charge in [0.2, 0.25) is 0 Å². The van der Waals surface area contributed by atoms with Crippen LogP contribution in [0.3, 0.4) is 0 Å². The molecular weight excluding hydrogens is 273 g/mol. The standard InChI is InChI=1S/C16H14FNO3/c1-18(10-12-5-3-2-4-6-12)15-8-7-13(9-14(15)17)16(20)21-11-19/h2-9,11H,10H2,1H3. The predicted molar refractivity (Wildman–Crippen MR) is 76.4 cm³/mol. The smallest absolute Gasteiger partial charge is 0.345 e. The van der Waals surface area contributed by atoms with Crippen LogP contribution in [-0.4, -0.2) is 19.5 Å². The Hall–Kier alpha value is -2.69. The van der Waals surface area contributed by atoms with Gasteiger partial charge in [-0.3, -0.25) is 4.79 Å². The third-order valence-electron chi connectivity index (χ3n) is 3.01. The molecule has 2 rings (SSSR count). The Kier molecular flexibility index (Phi) is 4.66. The minimum Gasteiger partial charge on any atom is -0.392 e. The molecule has 0 N–H and O–H groups in total. The first-order valence-corrected chi connectivity index (χ1v) is 6.31. The van der Waals surface area contributed by atoms with E-state index in [2.05, 4.69) is 4.74 Å². The molecule has 0 unspecified atom stereocenters. The number of nitrogens with zero attached hydrogens (tertiary/aromatic N) is 1. The van der Waals surface area contributed by atoms with Gasteiger partial charge in [-0.2, -0.15) is 0 Å². The molecular formula is C16H14FNO3. The van der Waals surface area contributed by atoms with Gasteiger partial charge >= 0.3 is 12.4 Å². The Balaban J connectivity index is 2.16. The highest BCUT2D eigenvalue weighted by molar-refractivity contribution is 5.93. The summed E-state index contributed by atoms with van der Waals surface area (Å²) < 4.78 is 18.2. The zero-order valence-electron chi connectivity index (χ0n) is 11.5. The van der Waals surface area contributed by atoms with Crippen LogP contribution in [0.15, 0.2) is 48.5 Å². The van der Waals surface area contributed by atoms with Gasteiger partial charge in [0.15, 0.2) is 0 Å². The number of hydrogen-bond donors (Lipinski definition) is 0. The molecule has 0 saturated carbocycles. The van der Waals surface area contributed by atoms with Crippen molar-refractivity contribution in [3.8, 4) is 0 Å². The minimum atomic E-state index is -0.874. The number of hydrogen-bond acceptors (Lipinski definition) is 4. The molecule has 0 saturated heterocycles. The molecule has 21 heavy (non-hydrogen) atoms. The third kappa shape index (κ3) is 3.66. The topological polar surface area (TPSA) is 46.6 Å². The van der Waals surface area contributed by atoms with Crippen LogP contribution in [0, 0.1) is 5.82 Å². The van der Waals surface area contributed by atoms with Crippen molar-refractivity contribution in [2.24, 2.45) is 0 Å². The van der Waals surface area contributed by atoms with E-state index in [1.165, 1.54) is 12.1 Å². The van der Waals surface area contributed by atoms with Gasteiger partial charge in [0.1, 0.15) is 5.82 Å². The normalized spacial score (nSPS) is 10.0. The van der Waals surface area contributed by atoms with E-state index in [1.807, 2.05) is 30.3 Å². The van der Waals surface area contributed by atoms with E-state index < -0.39 is 11.8 Å². The first-order valence-electron chi connectivity index (χ1n) is 6.31. The SMILES string of the molecule is CN(Cc1ccccc1)c1ccc(C(=O)OC=O)cc1F. The molecule has 4 nitrogen and oxygen atoms in total. The highest BCUT2D eigenvalue weighted by Crippen LogP contribution is 2.21. The molecule has 0 heterocycles. The van der Waals surface area contributed by atoms with E-state index in [0.717, 1.165) is 11.6 Å². The molecule has 2 aromatic carbocycles. The number of halogens is 1. The van der Waals surface area contributed by atoms with Crippen molar-refractivity contribution in [2.75, 3.05) is 11.9 Å². The lowest BCUT2D eigenvalue weighted by Gasteiger charge is -2.20. The second-order valence-corrected chi connectivity index (χ2v) is 4.51. The lowest BCUT2D eigenvalue weighted by atomic mass is 10.1. The average Bonchev–Trinajstić information content (AvgIpc) is 2.48. The van der Waals surface area contributed by atoms with Gasteiger partial charge in [0.05, 0.1) is 11.3 Å². The summed E-state index contributed by atoms with van der Waals surface area (Å²) in [4.78, 5) is 23.2. The molecule has 0 atom stereocenters. The molecule has 0 spiro atoms. The number of ether oxygens (including phenoxy) is 1. The van der Waals surface area contributed by atoms with Gasteiger partial charge in [-0.1, -0.05) is 30.3 Å².